The van der Waals surface area contributed by atoms with Crippen molar-refractivity contribution < 1.29 is 22.7 Å². The third-order valence-corrected chi connectivity index (χ3v) is 2.05. The van der Waals surface area contributed by atoms with E-state index in [9.17, 15) is 18.0 Å². The number of rotatable bonds is 4. The second-order valence-corrected chi connectivity index (χ2v) is 3.52. The molecular formula is C11H12F3N3O2. The maximum Gasteiger partial charge on any atom is 0.394 e. The lowest BCUT2D eigenvalue weighted by atomic mass is 10.2. The number of hydrogen-bond acceptors (Lipinski definition) is 5. The number of hydrogen-bond donors (Lipinski definition) is 2. The number of nitrogens with one attached hydrogen (secondary N) is 1. The topological polar surface area (TPSA) is 77.2 Å². The first-order chi connectivity index (χ1) is 8.83. The fraction of sp³-hybridized carbons (Fsp3) is 0.273. The number of ether oxygens (including phenoxy) is 1. The molecule has 1 aromatic rings. The largest absolute Gasteiger partial charge is 0.464 e. The van der Waals surface area contributed by atoms with Crippen molar-refractivity contribution in [2.24, 2.45) is 5.73 Å². The number of pyridine rings is 1. The molecule has 0 aliphatic carbocycles. The molecule has 0 aliphatic rings. The minimum absolute atomic E-state index is 0.147. The molecule has 3 N–H and O–H groups in total. The third-order valence-electron chi connectivity index (χ3n) is 2.05. The molecule has 0 saturated carbocycles. The standard InChI is InChI=1S/C11H12F3N3O2/c1-19-10(18)9(15)7(6-11(12,13)14)17-8-4-2-3-5-16-8/h2-5H,6,15H2,1H3,(H,16,17)/b9-7-. The molecule has 1 rings (SSSR count). The van der Waals surface area contributed by atoms with Gasteiger partial charge in [0.05, 0.1) is 19.2 Å². The zero-order chi connectivity index (χ0) is 14.5. The smallest absolute Gasteiger partial charge is 0.394 e. The van der Waals surface area contributed by atoms with Crippen molar-refractivity contribution in [2.45, 2.75) is 12.6 Å². The molecule has 0 aliphatic heterocycles. The number of allylic oxidation sites excluding steroid dienone is 1. The molecule has 0 fully saturated rings. The van der Waals surface area contributed by atoms with Crippen molar-refractivity contribution in [1.82, 2.24) is 4.98 Å². The number of nitrogens with zero attached hydrogens (tertiary/aromatic N) is 1. The van der Waals surface area contributed by atoms with Gasteiger partial charge >= 0.3 is 12.1 Å². The number of aromatic nitrogens is 1. The molecule has 0 atom stereocenters. The van der Waals surface area contributed by atoms with Crippen LogP contribution in [0.1, 0.15) is 6.42 Å². The fourth-order valence-corrected chi connectivity index (χ4v) is 1.23. The van der Waals surface area contributed by atoms with E-state index in [4.69, 9.17) is 5.73 Å². The molecular weight excluding hydrogens is 263 g/mol. The molecule has 104 valence electrons. The van der Waals surface area contributed by atoms with E-state index in [1.165, 1.54) is 12.3 Å². The Hall–Kier alpha value is -2.25. The monoisotopic (exact) mass is 275 g/mol. The van der Waals surface area contributed by atoms with Gasteiger partial charge in [0.25, 0.3) is 0 Å². The summed E-state index contributed by atoms with van der Waals surface area (Å²) < 4.78 is 41.6. The second-order valence-electron chi connectivity index (χ2n) is 3.52. The Morgan fingerprint density at radius 3 is 2.63 bits per heavy atom. The van der Waals surface area contributed by atoms with Crippen LogP contribution in [-0.2, 0) is 9.53 Å². The molecule has 5 nitrogen and oxygen atoms in total. The van der Waals surface area contributed by atoms with Crippen LogP contribution in [-0.4, -0.2) is 24.2 Å². The summed E-state index contributed by atoms with van der Waals surface area (Å²) in [5.74, 6) is -0.892. The second kappa shape index (κ2) is 6.07. The van der Waals surface area contributed by atoms with Gasteiger partial charge in [-0.15, -0.1) is 0 Å². The van der Waals surface area contributed by atoms with Gasteiger partial charge < -0.3 is 15.8 Å². The number of anilines is 1. The Balaban J connectivity index is 3.03. The van der Waals surface area contributed by atoms with Gasteiger partial charge in [0, 0.05) is 6.20 Å². The number of methoxy groups -OCH3 is 1. The van der Waals surface area contributed by atoms with E-state index in [0.29, 0.717) is 0 Å². The molecule has 19 heavy (non-hydrogen) atoms. The van der Waals surface area contributed by atoms with Crippen LogP contribution in [0.5, 0.6) is 0 Å². The maximum atomic E-state index is 12.4. The van der Waals surface area contributed by atoms with Crippen molar-refractivity contribution in [3.05, 3.63) is 35.8 Å². The number of nitrogens with two attached hydrogens (primary N) is 1. The summed E-state index contributed by atoms with van der Waals surface area (Å²) >= 11 is 0. The van der Waals surface area contributed by atoms with Crippen molar-refractivity contribution in [3.63, 3.8) is 0 Å². The lowest BCUT2D eigenvalue weighted by Gasteiger charge is -2.14. The Kier molecular flexibility index (Phi) is 4.74. The highest BCUT2D eigenvalue weighted by Gasteiger charge is 2.31. The summed E-state index contributed by atoms with van der Waals surface area (Å²) in [5.41, 5.74) is 4.21. The van der Waals surface area contributed by atoms with Gasteiger partial charge in [-0.25, -0.2) is 9.78 Å². The van der Waals surface area contributed by atoms with E-state index in [0.717, 1.165) is 7.11 Å². The van der Waals surface area contributed by atoms with Crippen LogP contribution >= 0.6 is 0 Å². The number of carbonyl (C=O) groups excluding carboxylic acids is 1. The van der Waals surface area contributed by atoms with E-state index in [2.05, 4.69) is 15.0 Å². The SMILES string of the molecule is COC(=O)/C(N)=C(\CC(F)(F)F)Nc1ccccn1. The molecule has 0 unspecified atom stereocenters. The lowest BCUT2D eigenvalue weighted by molar-refractivity contribution is -0.136. The van der Waals surface area contributed by atoms with Crippen LogP contribution in [0.2, 0.25) is 0 Å². The zero-order valence-corrected chi connectivity index (χ0v) is 9.99. The first-order valence-corrected chi connectivity index (χ1v) is 5.15. The molecule has 1 aromatic heterocycles. The van der Waals surface area contributed by atoms with Gasteiger partial charge in [-0.1, -0.05) is 6.07 Å². The summed E-state index contributed by atoms with van der Waals surface area (Å²) in [6.07, 6.45) is -4.51. The number of esters is 1. The van der Waals surface area contributed by atoms with Gasteiger partial charge in [-0.3, -0.25) is 0 Å². The van der Waals surface area contributed by atoms with E-state index < -0.39 is 30.0 Å². The average molecular weight is 275 g/mol. The van der Waals surface area contributed by atoms with Gasteiger partial charge in [0.1, 0.15) is 11.5 Å². The highest BCUT2D eigenvalue weighted by Crippen LogP contribution is 2.26. The minimum atomic E-state index is -4.52. The van der Waals surface area contributed by atoms with Crippen molar-refractivity contribution >= 4 is 11.8 Å². The van der Waals surface area contributed by atoms with Crippen molar-refractivity contribution in [1.29, 1.82) is 0 Å². The molecule has 0 aromatic carbocycles. The van der Waals surface area contributed by atoms with Gasteiger partial charge in [-0.2, -0.15) is 13.2 Å². The van der Waals surface area contributed by atoms with Crippen molar-refractivity contribution in [2.75, 3.05) is 12.4 Å². The zero-order valence-electron chi connectivity index (χ0n) is 9.99. The lowest BCUT2D eigenvalue weighted by Crippen LogP contribution is -2.23. The van der Waals surface area contributed by atoms with E-state index in [1.807, 2.05) is 0 Å². The Labute approximate surface area is 107 Å². The summed E-state index contributed by atoms with van der Waals surface area (Å²) in [5, 5.41) is 2.37. The van der Waals surface area contributed by atoms with Gasteiger partial charge in [0.2, 0.25) is 0 Å². The van der Waals surface area contributed by atoms with E-state index >= 15 is 0 Å². The molecule has 0 spiro atoms. The van der Waals surface area contributed by atoms with Crippen LogP contribution in [0.3, 0.4) is 0 Å². The average Bonchev–Trinajstić information content (AvgIpc) is 2.36. The van der Waals surface area contributed by atoms with Crippen LogP contribution in [0, 0.1) is 0 Å². The summed E-state index contributed by atoms with van der Waals surface area (Å²) in [4.78, 5) is 15.0. The molecule has 1 heterocycles. The van der Waals surface area contributed by atoms with E-state index in [1.54, 1.807) is 12.1 Å². The van der Waals surface area contributed by atoms with Gasteiger partial charge in [0.15, 0.2) is 0 Å². The van der Waals surface area contributed by atoms with Crippen LogP contribution in [0.25, 0.3) is 0 Å². The number of halogens is 3. The normalized spacial score (nSPS) is 12.6. The van der Waals surface area contributed by atoms with Crippen LogP contribution in [0.4, 0.5) is 19.0 Å². The predicted molar refractivity (Wildman–Crippen MR) is 61.8 cm³/mol. The summed E-state index contributed by atoms with van der Waals surface area (Å²) in [6.45, 7) is 0. The summed E-state index contributed by atoms with van der Waals surface area (Å²) in [7, 11) is 1.03. The first kappa shape index (κ1) is 14.8. The van der Waals surface area contributed by atoms with Gasteiger partial charge in [-0.05, 0) is 12.1 Å². The molecule has 0 saturated heterocycles. The molecule has 0 radical (unpaired) electrons. The van der Waals surface area contributed by atoms with Crippen LogP contribution < -0.4 is 11.1 Å². The molecule has 0 bridgehead atoms. The number of alkyl halides is 3. The highest BCUT2D eigenvalue weighted by molar-refractivity contribution is 5.88. The summed E-state index contributed by atoms with van der Waals surface area (Å²) in [6, 6.07) is 4.62. The van der Waals surface area contributed by atoms with Crippen LogP contribution in [0.15, 0.2) is 35.8 Å². The molecule has 8 heteroatoms. The Morgan fingerprint density at radius 2 is 2.16 bits per heavy atom. The maximum absolute atomic E-state index is 12.4. The van der Waals surface area contributed by atoms with E-state index in [-0.39, 0.29) is 5.82 Å². The number of carbonyl (C=O) groups is 1. The Bertz CT molecular complexity index is 472. The first-order valence-electron chi connectivity index (χ1n) is 5.15. The predicted octanol–water partition coefficient (Wildman–Crippen LogP) is 1.79. The molecule has 0 amide bonds. The Morgan fingerprint density at radius 1 is 1.47 bits per heavy atom. The minimum Gasteiger partial charge on any atom is -0.464 e. The van der Waals surface area contributed by atoms with Crippen molar-refractivity contribution in [3.8, 4) is 0 Å². The highest BCUT2D eigenvalue weighted by atomic mass is 19.4. The fourth-order valence-electron chi connectivity index (χ4n) is 1.23. The third kappa shape index (κ3) is 4.86. The quantitative estimate of drug-likeness (QED) is 0.647.